The van der Waals surface area contributed by atoms with Crippen LogP contribution in [-0.4, -0.2) is 29.1 Å². The van der Waals surface area contributed by atoms with Crippen molar-refractivity contribution in [2.24, 2.45) is 0 Å². The summed E-state index contributed by atoms with van der Waals surface area (Å²) in [6.07, 6.45) is 0. The first-order chi connectivity index (χ1) is 15.0. The number of H-pyrrole nitrogens is 1. The quantitative estimate of drug-likeness (QED) is 0.657. The van der Waals surface area contributed by atoms with E-state index < -0.39 is 17.2 Å². The molecule has 2 heterocycles. The molecule has 5 rings (SSSR count). The van der Waals surface area contributed by atoms with Crippen LogP contribution in [0.3, 0.4) is 0 Å². The van der Waals surface area contributed by atoms with E-state index >= 15 is 0 Å². The third-order valence-electron chi connectivity index (χ3n) is 5.73. The predicted molar refractivity (Wildman–Crippen MR) is 118 cm³/mol. The van der Waals surface area contributed by atoms with Crippen LogP contribution in [0.2, 0.25) is 5.02 Å². The maximum Gasteiger partial charge on any atom is 0.330 e. The maximum atomic E-state index is 13.4. The van der Waals surface area contributed by atoms with Gasteiger partial charge in [-0.25, -0.2) is 4.79 Å². The number of nitrogens with one attached hydrogen (secondary N) is 2. The number of fused-ring (bicyclic) bond motifs is 3. The Hall–Kier alpha value is -3.42. The average molecular weight is 436 g/mol. The van der Waals surface area contributed by atoms with Crippen LogP contribution in [0.4, 0.5) is 5.82 Å². The molecule has 0 spiro atoms. The lowest BCUT2D eigenvalue weighted by Gasteiger charge is -2.29. The summed E-state index contributed by atoms with van der Waals surface area (Å²) in [4.78, 5) is 41.4. The first-order valence-corrected chi connectivity index (χ1v) is 10.2. The van der Waals surface area contributed by atoms with Gasteiger partial charge >= 0.3 is 5.69 Å². The van der Waals surface area contributed by atoms with E-state index in [0.717, 1.165) is 11.1 Å². The van der Waals surface area contributed by atoms with E-state index in [-0.39, 0.29) is 18.9 Å². The van der Waals surface area contributed by atoms with E-state index in [1.54, 1.807) is 43.5 Å². The fourth-order valence-corrected chi connectivity index (χ4v) is 4.48. The molecule has 0 saturated carbocycles. The van der Waals surface area contributed by atoms with Crippen molar-refractivity contribution in [1.82, 2.24) is 9.55 Å². The van der Waals surface area contributed by atoms with Gasteiger partial charge in [-0.1, -0.05) is 48.0 Å². The minimum Gasteiger partial charge on any atom is -0.383 e. The lowest BCUT2D eigenvalue weighted by Crippen LogP contribution is -2.38. The Labute approximate surface area is 181 Å². The minimum absolute atomic E-state index is 0.141. The second-order valence-electron chi connectivity index (χ2n) is 7.44. The van der Waals surface area contributed by atoms with Gasteiger partial charge in [-0.3, -0.25) is 19.1 Å². The van der Waals surface area contributed by atoms with Crippen LogP contribution in [-0.2, 0) is 11.3 Å². The zero-order chi connectivity index (χ0) is 21.7. The molecule has 2 aliphatic rings. The standard InChI is InChI=1S/C23H18ClN3O4/c1-31-11-10-27-21-18(22(29)26-23(27)30)16(12-6-8-13(24)9-7-12)17-19(25-21)14-4-2-3-5-15(14)20(17)28/h2-9,16,25H,10-11H2,1H3,(H,26,29,30). The van der Waals surface area contributed by atoms with Crippen molar-refractivity contribution in [2.75, 3.05) is 19.0 Å². The van der Waals surface area contributed by atoms with Crippen LogP contribution in [0.15, 0.2) is 63.7 Å². The van der Waals surface area contributed by atoms with E-state index in [1.807, 2.05) is 12.1 Å². The van der Waals surface area contributed by atoms with Crippen LogP contribution in [0, 0.1) is 0 Å². The number of ether oxygens (including phenoxy) is 1. The normalized spacial score (nSPS) is 16.6. The van der Waals surface area contributed by atoms with Gasteiger partial charge in [0.15, 0.2) is 5.78 Å². The smallest absolute Gasteiger partial charge is 0.330 e. The van der Waals surface area contributed by atoms with Gasteiger partial charge in [-0.15, -0.1) is 0 Å². The molecule has 31 heavy (non-hydrogen) atoms. The second kappa shape index (κ2) is 7.37. The Morgan fingerprint density at radius 1 is 1.03 bits per heavy atom. The number of aromatic nitrogens is 2. The van der Waals surface area contributed by atoms with Crippen molar-refractivity contribution in [3.8, 4) is 0 Å². The van der Waals surface area contributed by atoms with Gasteiger partial charge in [0.05, 0.1) is 24.4 Å². The molecule has 2 N–H and O–H groups in total. The summed E-state index contributed by atoms with van der Waals surface area (Å²) in [5.74, 6) is -0.423. The van der Waals surface area contributed by atoms with Crippen molar-refractivity contribution in [1.29, 1.82) is 0 Å². The number of hydrogen-bond acceptors (Lipinski definition) is 5. The number of ketones is 1. The van der Waals surface area contributed by atoms with Gasteiger partial charge in [-0.05, 0) is 17.7 Å². The molecule has 0 radical (unpaired) electrons. The number of halogens is 1. The number of allylic oxidation sites excluding steroid dienone is 1. The van der Waals surface area contributed by atoms with Crippen molar-refractivity contribution in [2.45, 2.75) is 12.5 Å². The number of Topliss-reactive ketones (excluding diaryl/α,β-unsaturated/α-hetero) is 1. The molecule has 0 saturated heterocycles. The first-order valence-electron chi connectivity index (χ1n) is 9.78. The highest BCUT2D eigenvalue weighted by molar-refractivity contribution is 6.30. The van der Waals surface area contributed by atoms with Crippen molar-refractivity contribution in [3.05, 3.63) is 102 Å². The predicted octanol–water partition coefficient (Wildman–Crippen LogP) is 3.00. The minimum atomic E-state index is -0.651. The van der Waals surface area contributed by atoms with Crippen molar-refractivity contribution < 1.29 is 9.53 Å². The van der Waals surface area contributed by atoms with Crippen LogP contribution >= 0.6 is 11.6 Å². The number of rotatable bonds is 4. The summed E-state index contributed by atoms with van der Waals surface area (Å²) in [7, 11) is 1.54. The zero-order valence-electron chi connectivity index (χ0n) is 16.6. The average Bonchev–Trinajstić information content (AvgIpc) is 3.05. The molecule has 7 nitrogen and oxygen atoms in total. The number of benzene rings is 2. The van der Waals surface area contributed by atoms with E-state index in [1.165, 1.54) is 4.57 Å². The van der Waals surface area contributed by atoms with E-state index in [0.29, 0.717) is 33.2 Å². The highest BCUT2D eigenvalue weighted by Crippen LogP contribution is 2.47. The lowest BCUT2D eigenvalue weighted by atomic mass is 9.81. The number of anilines is 1. The zero-order valence-corrected chi connectivity index (χ0v) is 17.3. The van der Waals surface area contributed by atoms with Gasteiger partial charge in [0.1, 0.15) is 5.82 Å². The number of methoxy groups -OCH3 is 1. The van der Waals surface area contributed by atoms with Crippen LogP contribution in [0.25, 0.3) is 5.70 Å². The molecule has 0 bridgehead atoms. The molecule has 1 aliphatic carbocycles. The Kier molecular flexibility index (Phi) is 4.64. The Morgan fingerprint density at radius 3 is 2.45 bits per heavy atom. The topological polar surface area (TPSA) is 93.2 Å². The highest BCUT2D eigenvalue weighted by Gasteiger charge is 2.42. The Morgan fingerprint density at radius 2 is 1.74 bits per heavy atom. The number of aromatic amines is 1. The van der Waals surface area contributed by atoms with Gasteiger partial charge in [0, 0.05) is 34.8 Å². The van der Waals surface area contributed by atoms with Crippen molar-refractivity contribution in [3.63, 3.8) is 0 Å². The number of nitrogens with zero attached hydrogens (tertiary/aromatic N) is 1. The number of hydrogen-bond donors (Lipinski definition) is 2. The summed E-state index contributed by atoms with van der Waals surface area (Å²) >= 11 is 6.08. The molecule has 1 unspecified atom stereocenters. The summed E-state index contributed by atoms with van der Waals surface area (Å²) in [5.41, 5.74) is 2.40. The molecule has 2 aromatic carbocycles. The fraction of sp³-hybridized carbons (Fsp3) is 0.174. The molecule has 8 heteroatoms. The third kappa shape index (κ3) is 2.97. The largest absolute Gasteiger partial charge is 0.383 e. The molecule has 1 atom stereocenters. The van der Waals surface area contributed by atoms with Gasteiger partial charge in [0.2, 0.25) is 0 Å². The molecule has 0 fully saturated rings. The van der Waals surface area contributed by atoms with Crippen LogP contribution in [0.1, 0.15) is 33.0 Å². The summed E-state index contributed by atoms with van der Waals surface area (Å²) in [5, 5.41) is 3.78. The van der Waals surface area contributed by atoms with Gasteiger partial charge < -0.3 is 10.1 Å². The van der Waals surface area contributed by atoms with Crippen LogP contribution < -0.4 is 16.6 Å². The number of carbonyl (C=O) groups excluding carboxylic acids is 1. The second-order valence-corrected chi connectivity index (χ2v) is 7.88. The molecular weight excluding hydrogens is 418 g/mol. The highest BCUT2D eigenvalue weighted by atomic mass is 35.5. The molecule has 156 valence electrons. The van der Waals surface area contributed by atoms with Crippen molar-refractivity contribution >= 4 is 28.9 Å². The lowest BCUT2D eigenvalue weighted by molar-refractivity contribution is 0.103. The molecule has 0 amide bonds. The first kappa shape index (κ1) is 19.5. The fourth-order valence-electron chi connectivity index (χ4n) is 4.35. The molecule has 1 aromatic heterocycles. The Bertz CT molecular complexity index is 1370. The monoisotopic (exact) mass is 435 g/mol. The maximum absolute atomic E-state index is 13.4. The number of carbonyl (C=O) groups is 1. The van der Waals surface area contributed by atoms with Crippen LogP contribution in [0.5, 0.6) is 0 Å². The van der Waals surface area contributed by atoms with E-state index in [4.69, 9.17) is 16.3 Å². The molecule has 3 aromatic rings. The van der Waals surface area contributed by atoms with Gasteiger partial charge in [0.25, 0.3) is 5.56 Å². The van der Waals surface area contributed by atoms with Gasteiger partial charge in [-0.2, -0.15) is 0 Å². The Balaban J connectivity index is 1.82. The van der Waals surface area contributed by atoms with E-state index in [9.17, 15) is 14.4 Å². The summed E-state index contributed by atoms with van der Waals surface area (Å²) < 4.78 is 6.59. The SMILES string of the molecule is COCCn1c2c(c(=O)[nH]c1=O)C(c1ccc(Cl)cc1)C1=C(N2)c2ccccc2C1=O. The molecule has 1 aliphatic heterocycles. The van der Waals surface area contributed by atoms with E-state index in [2.05, 4.69) is 10.3 Å². The summed E-state index contributed by atoms with van der Waals surface area (Å²) in [6, 6.07) is 14.3. The third-order valence-corrected chi connectivity index (χ3v) is 5.99. The molecular formula is C23H18ClN3O4. The summed E-state index contributed by atoms with van der Waals surface area (Å²) in [6.45, 7) is 0.528.